The number of thiophene rings is 1. The zero-order valence-corrected chi connectivity index (χ0v) is 11.4. The van der Waals surface area contributed by atoms with E-state index >= 15 is 0 Å². The molecule has 1 aromatic carbocycles. The Morgan fingerprint density at radius 2 is 1.80 bits per heavy atom. The molecule has 0 amide bonds. The number of benzene rings is 1. The Morgan fingerprint density at radius 1 is 1.10 bits per heavy atom. The molecule has 20 heavy (non-hydrogen) atoms. The average Bonchev–Trinajstić information content (AvgIpc) is 2.97. The SMILES string of the molecule is OC(c1ccc(C(F)(F)F)cc1)c1cc2c(s1)CCC2. The Labute approximate surface area is 118 Å². The molecule has 1 aliphatic carbocycles. The largest absolute Gasteiger partial charge is 0.416 e. The van der Waals surface area contributed by atoms with E-state index in [1.54, 1.807) is 11.3 Å². The first kappa shape index (κ1) is 13.6. The molecule has 1 heterocycles. The molecule has 0 saturated carbocycles. The van der Waals surface area contributed by atoms with Crippen LogP contribution in [0.1, 0.15) is 39.0 Å². The van der Waals surface area contributed by atoms with E-state index in [4.69, 9.17) is 0 Å². The third kappa shape index (κ3) is 2.47. The second-order valence-corrected chi connectivity index (χ2v) is 6.14. The summed E-state index contributed by atoms with van der Waals surface area (Å²) in [5.74, 6) is 0. The van der Waals surface area contributed by atoms with Crippen LogP contribution in [0.2, 0.25) is 0 Å². The Morgan fingerprint density at radius 3 is 2.40 bits per heavy atom. The molecular formula is C15H13F3OS. The fourth-order valence-electron chi connectivity index (χ4n) is 2.51. The average molecular weight is 298 g/mol. The normalized spacial score (nSPS) is 16.2. The second-order valence-electron chi connectivity index (χ2n) is 4.97. The van der Waals surface area contributed by atoms with Crippen molar-refractivity contribution in [2.75, 3.05) is 0 Å². The highest BCUT2D eigenvalue weighted by molar-refractivity contribution is 7.12. The first-order valence-corrected chi connectivity index (χ1v) is 7.23. The predicted octanol–water partition coefficient (Wildman–Crippen LogP) is 4.34. The van der Waals surface area contributed by atoms with Gasteiger partial charge in [-0.25, -0.2) is 0 Å². The van der Waals surface area contributed by atoms with Gasteiger partial charge in [-0.2, -0.15) is 13.2 Å². The lowest BCUT2D eigenvalue weighted by atomic mass is 10.0. The standard InChI is InChI=1S/C15H13F3OS/c16-15(17,18)11-6-4-9(5-7-11)14(19)13-8-10-2-1-3-12(10)20-13/h4-8,14,19H,1-3H2. The van der Waals surface area contributed by atoms with Crippen LogP contribution in [-0.2, 0) is 19.0 Å². The Bertz CT molecular complexity index is 592. The van der Waals surface area contributed by atoms with E-state index in [2.05, 4.69) is 0 Å². The maximum atomic E-state index is 12.5. The van der Waals surface area contributed by atoms with Crippen molar-refractivity contribution in [1.29, 1.82) is 0 Å². The fraction of sp³-hybridized carbons (Fsp3) is 0.333. The number of rotatable bonds is 2. The van der Waals surface area contributed by atoms with Crippen LogP contribution in [0.25, 0.3) is 0 Å². The van der Waals surface area contributed by atoms with Gasteiger partial charge >= 0.3 is 6.18 Å². The summed E-state index contributed by atoms with van der Waals surface area (Å²) in [6.45, 7) is 0. The maximum Gasteiger partial charge on any atom is 0.416 e. The van der Waals surface area contributed by atoms with Crippen molar-refractivity contribution in [2.45, 2.75) is 31.5 Å². The van der Waals surface area contributed by atoms with Crippen LogP contribution in [0, 0.1) is 0 Å². The number of aliphatic hydroxyl groups excluding tert-OH is 1. The van der Waals surface area contributed by atoms with E-state index in [0.717, 1.165) is 36.3 Å². The molecule has 2 aromatic rings. The van der Waals surface area contributed by atoms with Crippen LogP contribution in [-0.4, -0.2) is 5.11 Å². The second kappa shape index (κ2) is 4.90. The van der Waals surface area contributed by atoms with Crippen LogP contribution in [0.4, 0.5) is 13.2 Å². The summed E-state index contributed by atoms with van der Waals surface area (Å²) in [5.41, 5.74) is 1.08. The van der Waals surface area contributed by atoms with Crippen molar-refractivity contribution in [1.82, 2.24) is 0 Å². The first-order valence-electron chi connectivity index (χ1n) is 6.42. The lowest BCUT2D eigenvalue weighted by Crippen LogP contribution is -2.05. The quantitative estimate of drug-likeness (QED) is 0.874. The lowest BCUT2D eigenvalue weighted by Gasteiger charge is -2.11. The van der Waals surface area contributed by atoms with Gasteiger partial charge in [0.15, 0.2) is 0 Å². The molecule has 1 nitrogen and oxygen atoms in total. The maximum absolute atomic E-state index is 12.5. The summed E-state index contributed by atoms with van der Waals surface area (Å²) in [6.07, 6.45) is -1.95. The monoisotopic (exact) mass is 298 g/mol. The number of aryl methyl sites for hydroxylation is 2. The summed E-state index contributed by atoms with van der Waals surface area (Å²) in [6, 6.07) is 6.70. The van der Waals surface area contributed by atoms with Crippen LogP contribution < -0.4 is 0 Å². The highest BCUT2D eigenvalue weighted by Gasteiger charge is 2.30. The summed E-state index contributed by atoms with van der Waals surface area (Å²) < 4.78 is 37.5. The molecule has 0 spiro atoms. The van der Waals surface area contributed by atoms with E-state index in [1.165, 1.54) is 22.6 Å². The number of halogens is 3. The molecule has 1 aliphatic rings. The third-order valence-electron chi connectivity index (χ3n) is 3.59. The number of fused-ring (bicyclic) bond motifs is 1. The van der Waals surface area contributed by atoms with E-state index in [1.807, 2.05) is 6.07 Å². The van der Waals surface area contributed by atoms with Gasteiger partial charge < -0.3 is 5.11 Å². The van der Waals surface area contributed by atoms with Crippen molar-refractivity contribution in [3.63, 3.8) is 0 Å². The predicted molar refractivity (Wildman–Crippen MR) is 71.8 cm³/mol. The number of alkyl halides is 3. The van der Waals surface area contributed by atoms with Crippen molar-refractivity contribution in [2.24, 2.45) is 0 Å². The molecule has 0 fully saturated rings. The van der Waals surface area contributed by atoms with Crippen LogP contribution in [0.15, 0.2) is 30.3 Å². The van der Waals surface area contributed by atoms with Crippen LogP contribution in [0.5, 0.6) is 0 Å². The summed E-state index contributed by atoms with van der Waals surface area (Å²) >= 11 is 1.56. The number of hydrogen-bond acceptors (Lipinski definition) is 2. The topological polar surface area (TPSA) is 20.2 Å². The smallest absolute Gasteiger partial charge is 0.383 e. The van der Waals surface area contributed by atoms with Gasteiger partial charge in [0.2, 0.25) is 0 Å². The van der Waals surface area contributed by atoms with Crippen molar-refractivity contribution in [3.8, 4) is 0 Å². The zero-order chi connectivity index (χ0) is 14.3. The fourth-order valence-corrected chi connectivity index (χ4v) is 3.78. The molecule has 0 bridgehead atoms. The van der Waals surface area contributed by atoms with Gasteiger partial charge in [-0.1, -0.05) is 12.1 Å². The van der Waals surface area contributed by atoms with Gasteiger partial charge in [0.25, 0.3) is 0 Å². The van der Waals surface area contributed by atoms with E-state index in [0.29, 0.717) is 5.56 Å². The van der Waals surface area contributed by atoms with E-state index < -0.39 is 17.8 Å². The van der Waals surface area contributed by atoms with E-state index in [9.17, 15) is 18.3 Å². The number of hydrogen-bond donors (Lipinski definition) is 1. The van der Waals surface area contributed by atoms with Crippen molar-refractivity contribution >= 4 is 11.3 Å². The highest BCUT2D eigenvalue weighted by atomic mass is 32.1. The molecule has 1 aromatic heterocycles. The van der Waals surface area contributed by atoms with Gasteiger partial charge in [0.1, 0.15) is 6.10 Å². The van der Waals surface area contributed by atoms with Gasteiger partial charge in [0.05, 0.1) is 5.56 Å². The van der Waals surface area contributed by atoms with Crippen LogP contribution >= 0.6 is 11.3 Å². The van der Waals surface area contributed by atoms with Gasteiger partial charge in [0, 0.05) is 9.75 Å². The van der Waals surface area contributed by atoms with Crippen molar-refractivity contribution in [3.05, 3.63) is 56.8 Å². The van der Waals surface area contributed by atoms with Gasteiger partial charge in [-0.15, -0.1) is 11.3 Å². The molecular weight excluding hydrogens is 285 g/mol. The molecule has 5 heteroatoms. The minimum absolute atomic E-state index is 0.498. The van der Waals surface area contributed by atoms with Gasteiger partial charge in [-0.3, -0.25) is 0 Å². The first-order chi connectivity index (χ1) is 9.45. The molecule has 106 valence electrons. The summed E-state index contributed by atoms with van der Waals surface area (Å²) in [5, 5.41) is 10.3. The van der Waals surface area contributed by atoms with Crippen molar-refractivity contribution < 1.29 is 18.3 Å². The summed E-state index contributed by atoms with van der Waals surface area (Å²) in [4.78, 5) is 2.11. The molecule has 3 rings (SSSR count). The molecule has 0 aliphatic heterocycles. The molecule has 1 atom stereocenters. The molecule has 1 unspecified atom stereocenters. The Balaban J connectivity index is 1.84. The Kier molecular flexibility index (Phi) is 3.34. The summed E-state index contributed by atoms with van der Waals surface area (Å²) in [7, 11) is 0. The number of aliphatic hydroxyl groups is 1. The minimum atomic E-state index is -4.34. The lowest BCUT2D eigenvalue weighted by molar-refractivity contribution is -0.137. The van der Waals surface area contributed by atoms with Crippen LogP contribution in [0.3, 0.4) is 0 Å². The van der Waals surface area contributed by atoms with Gasteiger partial charge in [-0.05, 0) is 48.6 Å². The van der Waals surface area contributed by atoms with E-state index in [-0.39, 0.29) is 0 Å². The third-order valence-corrected chi connectivity index (χ3v) is 4.88. The molecule has 1 N–H and O–H groups in total. The minimum Gasteiger partial charge on any atom is -0.383 e. The molecule has 0 saturated heterocycles. The Hall–Kier alpha value is -1.33. The molecule has 0 radical (unpaired) electrons. The highest BCUT2D eigenvalue weighted by Crippen LogP contribution is 2.37. The zero-order valence-electron chi connectivity index (χ0n) is 10.6.